The molecule has 0 radical (unpaired) electrons. The van der Waals surface area contributed by atoms with Crippen molar-refractivity contribution in [2.24, 2.45) is 0 Å². The van der Waals surface area contributed by atoms with E-state index in [2.05, 4.69) is 83.8 Å². The SMILES string of the molecule is C=C(C)/C(C)=C(C)\C=C(/C)c1ccc2cnc(NC(=O)Cc3ccnc(N4CCN(C)CC4)c3)cc2c1. The van der Waals surface area contributed by atoms with Crippen molar-refractivity contribution in [1.82, 2.24) is 14.9 Å². The average Bonchev–Trinajstić information content (AvgIpc) is 2.88. The van der Waals surface area contributed by atoms with E-state index in [9.17, 15) is 4.79 Å². The second-order valence-corrected chi connectivity index (χ2v) is 10.1. The van der Waals surface area contributed by atoms with Crippen molar-refractivity contribution in [2.45, 2.75) is 34.1 Å². The number of amides is 1. The first-order valence-electron chi connectivity index (χ1n) is 12.8. The molecule has 6 heteroatoms. The minimum atomic E-state index is -0.0920. The molecule has 6 nitrogen and oxygen atoms in total. The van der Waals surface area contributed by atoms with E-state index >= 15 is 0 Å². The number of nitrogens with one attached hydrogen (secondary N) is 1. The van der Waals surface area contributed by atoms with E-state index in [1.165, 1.54) is 16.7 Å². The second kappa shape index (κ2) is 11.5. The fourth-order valence-corrected chi connectivity index (χ4v) is 4.46. The van der Waals surface area contributed by atoms with Gasteiger partial charge in [0.05, 0.1) is 6.42 Å². The molecule has 1 aliphatic rings. The zero-order valence-electron chi connectivity index (χ0n) is 22.6. The van der Waals surface area contributed by atoms with Gasteiger partial charge in [-0.05, 0) is 92.2 Å². The summed E-state index contributed by atoms with van der Waals surface area (Å²) < 4.78 is 0. The topological polar surface area (TPSA) is 61.4 Å². The highest BCUT2D eigenvalue weighted by atomic mass is 16.1. The number of aromatic nitrogens is 2. The van der Waals surface area contributed by atoms with E-state index in [1.807, 2.05) is 31.3 Å². The number of rotatable bonds is 7. The van der Waals surface area contributed by atoms with Crippen LogP contribution in [0.15, 0.2) is 78.2 Å². The van der Waals surface area contributed by atoms with Crippen molar-refractivity contribution in [1.29, 1.82) is 0 Å². The van der Waals surface area contributed by atoms with Crippen LogP contribution < -0.4 is 10.2 Å². The molecule has 0 spiro atoms. The Labute approximate surface area is 220 Å². The lowest BCUT2D eigenvalue weighted by Crippen LogP contribution is -2.44. The average molecular weight is 496 g/mol. The van der Waals surface area contributed by atoms with Gasteiger partial charge in [0.25, 0.3) is 0 Å². The smallest absolute Gasteiger partial charge is 0.229 e. The number of piperazine rings is 1. The molecule has 1 saturated heterocycles. The van der Waals surface area contributed by atoms with Crippen molar-refractivity contribution in [3.8, 4) is 0 Å². The zero-order chi connectivity index (χ0) is 26.5. The van der Waals surface area contributed by atoms with Gasteiger partial charge < -0.3 is 15.1 Å². The van der Waals surface area contributed by atoms with Gasteiger partial charge in [-0.2, -0.15) is 0 Å². The van der Waals surface area contributed by atoms with Crippen molar-refractivity contribution in [3.63, 3.8) is 0 Å². The number of pyridine rings is 2. The third-order valence-corrected chi connectivity index (χ3v) is 7.11. The number of likely N-dealkylation sites (N-methyl/N-ethyl adjacent to an activating group) is 1. The predicted molar refractivity (Wildman–Crippen MR) is 155 cm³/mol. The molecule has 2 aromatic heterocycles. The fraction of sp³-hybridized carbons (Fsp3) is 0.323. The number of fused-ring (bicyclic) bond motifs is 1. The molecule has 1 aromatic carbocycles. The van der Waals surface area contributed by atoms with Crippen LogP contribution in [0.3, 0.4) is 0 Å². The highest BCUT2D eigenvalue weighted by molar-refractivity contribution is 5.94. The van der Waals surface area contributed by atoms with E-state index < -0.39 is 0 Å². The molecule has 192 valence electrons. The minimum Gasteiger partial charge on any atom is -0.354 e. The molecule has 1 amide bonds. The van der Waals surface area contributed by atoms with Crippen LogP contribution in [0.2, 0.25) is 0 Å². The van der Waals surface area contributed by atoms with E-state index in [0.717, 1.165) is 59.5 Å². The molecule has 1 fully saturated rings. The van der Waals surface area contributed by atoms with Gasteiger partial charge in [-0.3, -0.25) is 4.79 Å². The first kappa shape index (κ1) is 26.3. The van der Waals surface area contributed by atoms with Crippen LogP contribution in [0, 0.1) is 0 Å². The van der Waals surface area contributed by atoms with Crippen LogP contribution in [0.4, 0.5) is 11.6 Å². The molecular formula is C31H37N5O. The lowest BCUT2D eigenvalue weighted by atomic mass is 9.98. The van der Waals surface area contributed by atoms with Crippen LogP contribution in [0.25, 0.3) is 16.3 Å². The van der Waals surface area contributed by atoms with Crippen LogP contribution in [0.5, 0.6) is 0 Å². The molecule has 1 aliphatic heterocycles. The molecule has 0 atom stereocenters. The van der Waals surface area contributed by atoms with Gasteiger partial charge in [-0.1, -0.05) is 30.4 Å². The summed E-state index contributed by atoms with van der Waals surface area (Å²) in [6.45, 7) is 16.3. The number of benzene rings is 1. The van der Waals surface area contributed by atoms with Crippen LogP contribution in [-0.4, -0.2) is 54.0 Å². The van der Waals surface area contributed by atoms with Crippen molar-refractivity contribution in [3.05, 3.63) is 89.3 Å². The number of hydrogen-bond acceptors (Lipinski definition) is 5. The Morgan fingerprint density at radius 2 is 1.76 bits per heavy atom. The number of nitrogens with zero attached hydrogens (tertiary/aromatic N) is 4. The summed E-state index contributed by atoms with van der Waals surface area (Å²) in [5, 5.41) is 5.04. The Balaban J connectivity index is 1.47. The molecule has 0 unspecified atom stereocenters. The zero-order valence-corrected chi connectivity index (χ0v) is 22.6. The van der Waals surface area contributed by atoms with E-state index in [1.54, 1.807) is 6.20 Å². The number of allylic oxidation sites excluding steroid dienone is 5. The van der Waals surface area contributed by atoms with E-state index in [0.29, 0.717) is 5.82 Å². The minimum absolute atomic E-state index is 0.0920. The van der Waals surface area contributed by atoms with Crippen molar-refractivity contribution < 1.29 is 4.79 Å². The highest BCUT2D eigenvalue weighted by Crippen LogP contribution is 2.25. The molecule has 0 saturated carbocycles. The number of carbonyl (C=O) groups excluding carboxylic acids is 1. The van der Waals surface area contributed by atoms with Gasteiger partial charge >= 0.3 is 0 Å². The first-order chi connectivity index (χ1) is 17.7. The summed E-state index contributed by atoms with van der Waals surface area (Å²) in [5.41, 5.74) is 6.75. The lowest BCUT2D eigenvalue weighted by Gasteiger charge is -2.33. The van der Waals surface area contributed by atoms with Crippen LogP contribution in [-0.2, 0) is 11.2 Å². The first-order valence-corrected chi connectivity index (χ1v) is 12.8. The third-order valence-electron chi connectivity index (χ3n) is 7.11. The molecule has 0 bridgehead atoms. The number of hydrogen-bond donors (Lipinski definition) is 1. The van der Waals surface area contributed by atoms with Gasteiger partial charge in [-0.15, -0.1) is 0 Å². The maximum atomic E-state index is 12.9. The molecule has 4 rings (SSSR count). The van der Waals surface area contributed by atoms with Crippen LogP contribution >= 0.6 is 0 Å². The Kier molecular flexibility index (Phi) is 8.19. The van der Waals surface area contributed by atoms with Gasteiger partial charge in [0.1, 0.15) is 11.6 Å². The number of carbonyl (C=O) groups is 1. The van der Waals surface area contributed by atoms with Gasteiger partial charge in [0.2, 0.25) is 5.91 Å². The largest absolute Gasteiger partial charge is 0.354 e. The van der Waals surface area contributed by atoms with Crippen molar-refractivity contribution >= 4 is 33.9 Å². The fourth-order valence-electron chi connectivity index (χ4n) is 4.46. The van der Waals surface area contributed by atoms with Gasteiger partial charge in [0.15, 0.2) is 0 Å². The number of anilines is 2. The maximum absolute atomic E-state index is 12.9. The Morgan fingerprint density at radius 3 is 2.49 bits per heavy atom. The highest BCUT2D eigenvalue weighted by Gasteiger charge is 2.16. The molecular weight excluding hydrogens is 458 g/mol. The summed E-state index contributed by atoms with van der Waals surface area (Å²) in [6, 6.07) is 12.2. The van der Waals surface area contributed by atoms with Gasteiger partial charge in [-0.25, -0.2) is 9.97 Å². The molecule has 1 N–H and O–H groups in total. The normalized spacial score (nSPS) is 15.5. The van der Waals surface area contributed by atoms with E-state index in [-0.39, 0.29) is 12.3 Å². The standard InChI is InChI=1S/C31H37N5O/c1-21(2)24(5)22(3)15-23(4)26-7-8-27-20-33-29(19-28(27)18-26)34-31(37)17-25-9-10-32-30(16-25)36-13-11-35(6)12-14-36/h7-10,15-16,18-20H,1,11-14,17H2,2-6H3,(H,33,34,37)/b23-15+,24-22-. The molecule has 3 aromatic rings. The lowest BCUT2D eigenvalue weighted by molar-refractivity contribution is -0.115. The summed E-state index contributed by atoms with van der Waals surface area (Å²) >= 11 is 0. The summed E-state index contributed by atoms with van der Waals surface area (Å²) in [4.78, 5) is 26.4. The van der Waals surface area contributed by atoms with Crippen molar-refractivity contribution in [2.75, 3.05) is 43.4 Å². The molecule has 0 aliphatic carbocycles. The third kappa shape index (κ3) is 6.71. The quantitative estimate of drug-likeness (QED) is 0.415. The van der Waals surface area contributed by atoms with Crippen LogP contribution in [0.1, 0.15) is 38.8 Å². The Hall–Kier alpha value is -3.77. The van der Waals surface area contributed by atoms with Gasteiger partial charge in [0, 0.05) is 44.0 Å². The Morgan fingerprint density at radius 1 is 1.00 bits per heavy atom. The Bertz CT molecular complexity index is 1380. The molecule has 37 heavy (non-hydrogen) atoms. The second-order valence-electron chi connectivity index (χ2n) is 10.1. The summed E-state index contributed by atoms with van der Waals surface area (Å²) in [7, 11) is 2.13. The maximum Gasteiger partial charge on any atom is 0.229 e. The summed E-state index contributed by atoms with van der Waals surface area (Å²) in [6.07, 6.45) is 6.07. The molecule has 3 heterocycles. The predicted octanol–water partition coefficient (Wildman–Crippen LogP) is 5.88. The van der Waals surface area contributed by atoms with E-state index in [4.69, 9.17) is 0 Å². The summed E-state index contributed by atoms with van der Waals surface area (Å²) in [5.74, 6) is 1.39. The monoisotopic (exact) mass is 495 g/mol.